The number of aryl methyl sites for hydroxylation is 1. The number of ether oxygens (including phenoxy) is 1. The normalized spacial score (nSPS) is 10.4. The van der Waals surface area contributed by atoms with Crippen LogP contribution >= 0.6 is 23.8 Å². The smallest absolute Gasteiger partial charge is 0.170 e. The second-order valence-electron chi connectivity index (χ2n) is 4.96. The predicted octanol–water partition coefficient (Wildman–Crippen LogP) is 3.62. The molecule has 124 valence electrons. The van der Waals surface area contributed by atoms with E-state index in [1.54, 1.807) is 6.20 Å². The van der Waals surface area contributed by atoms with E-state index >= 15 is 0 Å². The van der Waals surface area contributed by atoms with Crippen molar-refractivity contribution in [3.8, 4) is 5.75 Å². The fraction of sp³-hybridized carbons (Fsp3) is 0.375. The van der Waals surface area contributed by atoms with Crippen molar-refractivity contribution < 1.29 is 4.74 Å². The van der Waals surface area contributed by atoms with E-state index in [9.17, 15) is 0 Å². The third-order valence-electron chi connectivity index (χ3n) is 3.31. The largest absolute Gasteiger partial charge is 0.492 e. The Bertz CT molecular complexity index is 659. The van der Waals surface area contributed by atoms with Gasteiger partial charge in [-0.2, -0.15) is 5.10 Å². The molecule has 0 spiro atoms. The van der Waals surface area contributed by atoms with Crippen molar-refractivity contribution in [2.45, 2.75) is 26.8 Å². The van der Waals surface area contributed by atoms with Crippen LogP contribution in [0.25, 0.3) is 0 Å². The van der Waals surface area contributed by atoms with E-state index in [1.807, 2.05) is 42.8 Å². The predicted molar refractivity (Wildman–Crippen MR) is 98.4 cm³/mol. The van der Waals surface area contributed by atoms with Crippen molar-refractivity contribution in [1.82, 2.24) is 15.1 Å². The summed E-state index contributed by atoms with van der Waals surface area (Å²) in [5.74, 6) is 0.793. The van der Waals surface area contributed by atoms with Gasteiger partial charge in [0.25, 0.3) is 0 Å². The first-order valence-electron chi connectivity index (χ1n) is 7.56. The van der Waals surface area contributed by atoms with Crippen LogP contribution in [-0.4, -0.2) is 28.0 Å². The quantitative estimate of drug-likeness (QED) is 0.588. The summed E-state index contributed by atoms with van der Waals surface area (Å²) in [4.78, 5) is 0. The number of para-hydroxylation sites is 2. The van der Waals surface area contributed by atoms with Crippen LogP contribution in [0.3, 0.4) is 0 Å². The van der Waals surface area contributed by atoms with Crippen LogP contribution in [0.4, 0.5) is 5.69 Å². The van der Waals surface area contributed by atoms with Gasteiger partial charge in [0.2, 0.25) is 0 Å². The fourth-order valence-electron chi connectivity index (χ4n) is 2.10. The minimum absolute atomic E-state index is 0.576. The summed E-state index contributed by atoms with van der Waals surface area (Å²) in [5.41, 5.74) is 1.85. The number of aromatic nitrogens is 2. The first kappa shape index (κ1) is 17.6. The number of thiocarbonyl (C=S) groups is 1. The van der Waals surface area contributed by atoms with Crippen LogP contribution < -0.4 is 15.4 Å². The van der Waals surface area contributed by atoms with Gasteiger partial charge in [-0.3, -0.25) is 4.68 Å². The SMILES string of the molecule is CCOc1ccccc1NC(=S)NCCCn1ncc(Cl)c1C. The topological polar surface area (TPSA) is 51.1 Å². The lowest BCUT2D eigenvalue weighted by Gasteiger charge is -2.14. The number of rotatable bonds is 7. The molecule has 23 heavy (non-hydrogen) atoms. The second-order valence-corrected chi connectivity index (χ2v) is 5.78. The summed E-state index contributed by atoms with van der Waals surface area (Å²) in [5, 5.41) is 11.8. The lowest BCUT2D eigenvalue weighted by Crippen LogP contribution is -2.30. The highest BCUT2D eigenvalue weighted by atomic mass is 35.5. The Hall–Kier alpha value is -1.79. The molecule has 7 heteroatoms. The maximum absolute atomic E-state index is 5.98. The molecule has 0 fully saturated rings. The standard InChI is InChI=1S/C16H21ClN4OS/c1-3-22-15-8-5-4-7-14(15)20-16(23)18-9-6-10-21-12(2)13(17)11-19-21/h4-5,7-8,11H,3,6,9-10H2,1-2H3,(H2,18,20,23). The Morgan fingerprint density at radius 3 is 2.87 bits per heavy atom. The van der Waals surface area contributed by atoms with Gasteiger partial charge in [-0.25, -0.2) is 0 Å². The van der Waals surface area contributed by atoms with Gasteiger partial charge in [0.15, 0.2) is 5.11 Å². The molecule has 0 aliphatic rings. The molecule has 0 saturated heterocycles. The Balaban J connectivity index is 1.76. The Morgan fingerprint density at radius 2 is 2.17 bits per heavy atom. The van der Waals surface area contributed by atoms with Crippen LogP contribution in [-0.2, 0) is 6.54 Å². The average molecular weight is 353 g/mol. The van der Waals surface area contributed by atoms with Gasteiger partial charge in [0, 0.05) is 13.1 Å². The fourth-order valence-corrected chi connectivity index (χ4v) is 2.45. The third-order valence-corrected chi connectivity index (χ3v) is 3.93. The molecule has 1 heterocycles. The zero-order chi connectivity index (χ0) is 16.7. The number of nitrogens with zero attached hydrogens (tertiary/aromatic N) is 2. The number of benzene rings is 1. The molecule has 0 radical (unpaired) electrons. The van der Waals surface area contributed by atoms with Crippen molar-refractivity contribution in [2.24, 2.45) is 0 Å². The molecule has 2 N–H and O–H groups in total. The average Bonchev–Trinajstić information content (AvgIpc) is 2.85. The summed E-state index contributed by atoms with van der Waals surface area (Å²) < 4.78 is 7.46. The number of hydrogen-bond donors (Lipinski definition) is 2. The highest BCUT2D eigenvalue weighted by Gasteiger charge is 2.05. The molecule has 0 aliphatic heterocycles. The van der Waals surface area contributed by atoms with Gasteiger partial charge < -0.3 is 15.4 Å². The van der Waals surface area contributed by atoms with Crippen molar-refractivity contribution in [1.29, 1.82) is 0 Å². The summed E-state index contributed by atoms with van der Waals surface area (Å²) in [7, 11) is 0. The van der Waals surface area contributed by atoms with Gasteiger partial charge >= 0.3 is 0 Å². The number of hydrogen-bond acceptors (Lipinski definition) is 3. The number of halogens is 1. The van der Waals surface area contributed by atoms with E-state index < -0.39 is 0 Å². The Morgan fingerprint density at radius 1 is 1.39 bits per heavy atom. The first-order valence-corrected chi connectivity index (χ1v) is 8.35. The van der Waals surface area contributed by atoms with Gasteiger partial charge in [0.1, 0.15) is 5.75 Å². The Kier molecular flexibility index (Phi) is 6.67. The van der Waals surface area contributed by atoms with E-state index in [1.165, 1.54) is 0 Å². The number of anilines is 1. The van der Waals surface area contributed by atoms with Crippen LogP contribution in [0, 0.1) is 6.92 Å². The summed E-state index contributed by atoms with van der Waals surface area (Å²) >= 11 is 11.3. The molecule has 0 bridgehead atoms. The van der Waals surface area contributed by atoms with E-state index in [0.717, 1.165) is 36.6 Å². The van der Waals surface area contributed by atoms with E-state index in [2.05, 4.69) is 15.7 Å². The molecule has 0 atom stereocenters. The minimum Gasteiger partial charge on any atom is -0.492 e. The molecule has 1 aromatic heterocycles. The lowest BCUT2D eigenvalue weighted by atomic mass is 10.3. The van der Waals surface area contributed by atoms with E-state index in [-0.39, 0.29) is 0 Å². The van der Waals surface area contributed by atoms with Crippen LogP contribution in [0.2, 0.25) is 5.02 Å². The van der Waals surface area contributed by atoms with Crippen LogP contribution in [0.5, 0.6) is 5.75 Å². The highest BCUT2D eigenvalue weighted by molar-refractivity contribution is 7.80. The molecule has 0 amide bonds. The van der Waals surface area contributed by atoms with Gasteiger partial charge in [0.05, 0.1) is 29.2 Å². The molecule has 0 aliphatic carbocycles. The monoisotopic (exact) mass is 352 g/mol. The molecule has 5 nitrogen and oxygen atoms in total. The van der Waals surface area contributed by atoms with Crippen molar-refractivity contribution in [3.05, 3.63) is 41.2 Å². The zero-order valence-corrected chi connectivity index (χ0v) is 14.9. The lowest BCUT2D eigenvalue weighted by molar-refractivity contribution is 0.342. The summed E-state index contributed by atoms with van der Waals surface area (Å²) in [6.45, 7) is 6.07. The third kappa shape index (κ3) is 5.11. The molecule has 2 rings (SSSR count). The maximum Gasteiger partial charge on any atom is 0.170 e. The minimum atomic E-state index is 0.576. The molecule has 0 unspecified atom stereocenters. The summed E-state index contributed by atoms with van der Waals surface area (Å²) in [6, 6.07) is 7.73. The molecule has 0 saturated carbocycles. The van der Waals surface area contributed by atoms with Crippen LogP contribution in [0.1, 0.15) is 19.0 Å². The summed E-state index contributed by atoms with van der Waals surface area (Å²) in [6.07, 6.45) is 2.56. The van der Waals surface area contributed by atoms with Gasteiger partial charge in [-0.05, 0) is 44.6 Å². The van der Waals surface area contributed by atoms with Gasteiger partial charge in [-0.1, -0.05) is 23.7 Å². The van der Waals surface area contributed by atoms with E-state index in [0.29, 0.717) is 16.7 Å². The molecular weight excluding hydrogens is 332 g/mol. The highest BCUT2D eigenvalue weighted by Crippen LogP contribution is 2.23. The van der Waals surface area contributed by atoms with Crippen molar-refractivity contribution in [3.63, 3.8) is 0 Å². The van der Waals surface area contributed by atoms with Gasteiger partial charge in [-0.15, -0.1) is 0 Å². The molecule has 1 aromatic carbocycles. The first-order chi connectivity index (χ1) is 11.1. The van der Waals surface area contributed by atoms with Crippen molar-refractivity contribution >= 4 is 34.6 Å². The van der Waals surface area contributed by atoms with E-state index in [4.69, 9.17) is 28.6 Å². The molecule has 2 aromatic rings. The Labute approximate surface area is 147 Å². The van der Waals surface area contributed by atoms with Crippen molar-refractivity contribution in [2.75, 3.05) is 18.5 Å². The zero-order valence-electron chi connectivity index (χ0n) is 13.3. The number of nitrogens with one attached hydrogen (secondary N) is 2. The second kappa shape index (κ2) is 8.74. The van der Waals surface area contributed by atoms with Crippen LogP contribution in [0.15, 0.2) is 30.5 Å². The maximum atomic E-state index is 5.98. The molecular formula is C16H21ClN4OS.